The Labute approximate surface area is 248 Å². The average Bonchev–Trinajstić information content (AvgIpc) is 2.87. The number of carbonyl (C=O) groups excluding carboxylic acids is 1. The van der Waals surface area contributed by atoms with Gasteiger partial charge in [-0.3, -0.25) is 25.0 Å². The van der Waals surface area contributed by atoms with E-state index in [0.717, 1.165) is 43.9 Å². The number of hydrogen-bond donors (Lipinski definition) is 1. The Bertz CT molecular complexity index is 965. The second-order valence-electron chi connectivity index (χ2n) is 12.8. The molecule has 2 atom stereocenters. The van der Waals surface area contributed by atoms with Crippen LogP contribution in [0.15, 0.2) is 18.2 Å². The van der Waals surface area contributed by atoms with E-state index in [4.69, 9.17) is 8.85 Å². The number of carbonyl (C=O) groups is 1. The fourth-order valence-corrected chi connectivity index (χ4v) is 6.48. The minimum Gasteiger partial charge on any atom is -0.415 e. The highest BCUT2D eigenvalue weighted by molar-refractivity contribution is 6.70. The SMILES string of the molecule is CCCCCCCCCCCCCC(O[Si](C)(C)C)C(CO[Si](C)(C)C)NC(=O)c1ccc([N+](=O)[O-])cc1[N+](=O)[O-]. The number of nitrogens with zero attached hydrogens (tertiary/aromatic N) is 2. The highest BCUT2D eigenvalue weighted by atomic mass is 28.4. The summed E-state index contributed by atoms with van der Waals surface area (Å²) in [6.07, 6.45) is 14.0. The number of nitrogens with one attached hydrogen (secondary N) is 1. The molecule has 0 fully saturated rings. The Morgan fingerprint density at radius 1 is 0.829 bits per heavy atom. The Morgan fingerprint density at radius 3 is 1.83 bits per heavy atom. The van der Waals surface area contributed by atoms with Crippen LogP contribution in [0.3, 0.4) is 0 Å². The standard InChI is InChI=1S/C29H53N3O7Si2/c1-8-9-10-11-12-13-14-15-16-17-18-19-28(39-41(5,6)7)26(23-38-40(2,3)4)30-29(33)25-21-20-24(31(34)35)22-27(25)32(36)37/h20-22,26,28H,8-19,23H2,1-7H3,(H,30,33). The smallest absolute Gasteiger partial charge is 0.289 e. The van der Waals surface area contributed by atoms with Gasteiger partial charge in [0.2, 0.25) is 0 Å². The van der Waals surface area contributed by atoms with Crippen molar-refractivity contribution in [2.24, 2.45) is 0 Å². The molecule has 1 amide bonds. The molecule has 0 heterocycles. The van der Waals surface area contributed by atoms with Gasteiger partial charge in [-0.05, 0) is 51.8 Å². The van der Waals surface area contributed by atoms with Gasteiger partial charge < -0.3 is 14.2 Å². The van der Waals surface area contributed by atoms with Crippen LogP contribution >= 0.6 is 0 Å². The fraction of sp³-hybridized carbons (Fsp3) is 0.759. The van der Waals surface area contributed by atoms with Crippen molar-refractivity contribution in [1.29, 1.82) is 0 Å². The Morgan fingerprint density at radius 2 is 1.37 bits per heavy atom. The maximum Gasteiger partial charge on any atom is 0.289 e. The summed E-state index contributed by atoms with van der Waals surface area (Å²) in [5.41, 5.74) is -1.27. The fourth-order valence-electron chi connectivity index (χ4n) is 4.61. The third-order valence-corrected chi connectivity index (χ3v) is 8.73. The van der Waals surface area contributed by atoms with Crippen molar-refractivity contribution < 1.29 is 23.5 Å². The van der Waals surface area contributed by atoms with E-state index in [1.807, 2.05) is 0 Å². The van der Waals surface area contributed by atoms with Crippen LogP contribution in [0, 0.1) is 20.2 Å². The lowest BCUT2D eigenvalue weighted by Crippen LogP contribution is -2.52. The maximum atomic E-state index is 13.3. The van der Waals surface area contributed by atoms with Gasteiger partial charge in [-0.15, -0.1) is 0 Å². The summed E-state index contributed by atoms with van der Waals surface area (Å²) in [7, 11) is -3.97. The van der Waals surface area contributed by atoms with Gasteiger partial charge in [-0.2, -0.15) is 0 Å². The topological polar surface area (TPSA) is 134 Å². The molecule has 0 aliphatic carbocycles. The van der Waals surface area contributed by atoms with Gasteiger partial charge in [0.1, 0.15) is 5.56 Å². The first-order valence-electron chi connectivity index (χ1n) is 15.2. The zero-order chi connectivity index (χ0) is 31.1. The third kappa shape index (κ3) is 16.2. The van der Waals surface area contributed by atoms with Gasteiger partial charge in [-0.25, -0.2) is 0 Å². The second-order valence-corrected chi connectivity index (χ2v) is 21.8. The molecule has 1 aromatic rings. The first-order chi connectivity index (χ1) is 19.1. The van der Waals surface area contributed by atoms with Gasteiger partial charge in [0.15, 0.2) is 16.6 Å². The first-order valence-corrected chi connectivity index (χ1v) is 22.0. The number of benzene rings is 1. The lowest BCUT2D eigenvalue weighted by molar-refractivity contribution is -0.394. The van der Waals surface area contributed by atoms with Crippen molar-refractivity contribution in [2.75, 3.05) is 6.61 Å². The maximum absolute atomic E-state index is 13.3. The van der Waals surface area contributed by atoms with Crippen LogP contribution in [0.4, 0.5) is 11.4 Å². The number of non-ortho nitro benzene ring substituents is 1. The van der Waals surface area contributed by atoms with E-state index in [1.165, 1.54) is 51.4 Å². The minimum absolute atomic E-state index is 0.222. The molecule has 0 spiro atoms. The number of nitro groups is 2. The summed E-state index contributed by atoms with van der Waals surface area (Å²) >= 11 is 0. The van der Waals surface area contributed by atoms with Crippen LogP contribution in [-0.2, 0) is 8.85 Å². The van der Waals surface area contributed by atoms with E-state index in [-0.39, 0.29) is 18.3 Å². The van der Waals surface area contributed by atoms with Crippen molar-refractivity contribution in [1.82, 2.24) is 5.32 Å². The number of rotatable bonds is 22. The molecule has 0 saturated carbocycles. The number of hydrogen-bond acceptors (Lipinski definition) is 7. The number of nitro benzene ring substituents is 2. The molecule has 1 aromatic carbocycles. The van der Waals surface area contributed by atoms with Crippen molar-refractivity contribution >= 4 is 33.9 Å². The monoisotopic (exact) mass is 611 g/mol. The lowest BCUT2D eigenvalue weighted by atomic mass is 10.0. The van der Waals surface area contributed by atoms with E-state index in [1.54, 1.807) is 0 Å². The molecule has 234 valence electrons. The average molecular weight is 612 g/mol. The molecule has 1 N–H and O–H groups in total. The Hall–Kier alpha value is -2.16. The summed E-state index contributed by atoms with van der Waals surface area (Å²) < 4.78 is 12.8. The first kappa shape index (κ1) is 36.9. The van der Waals surface area contributed by atoms with Crippen LogP contribution in [0.1, 0.15) is 94.3 Å². The lowest BCUT2D eigenvalue weighted by Gasteiger charge is -2.34. The minimum atomic E-state index is -2.02. The second kappa shape index (κ2) is 18.4. The molecule has 1 rings (SSSR count). The van der Waals surface area contributed by atoms with E-state index in [0.29, 0.717) is 0 Å². The van der Waals surface area contributed by atoms with Gasteiger partial charge in [0, 0.05) is 6.07 Å². The molecule has 0 aliphatic heterocycles. The quantitative estimate of drug-likeness (QED) is 0.0602. The zero-order valence-electron chi connectivity index (χ0n) is 26.3. The van der Waals surface area contributed by atoms with Gasteiger partial charge in [0.05, 0.1) is 34.7 Å². The molecule has 10 nitrogen and oxygen atoms in total. The van der Waals surface area contributed by atoms with Gasteiger partial charge in [0.25, 0.3) is 17.3 Å². The molecule has 2 unspecified atom stereocenters. The molecule has 12 heteroatoms. The normalized spacial score (nSPS) is 13.5. The van der Waals surface area contributed by atoms with Crippen LogP contribution < -0.4 is 5.32 Å². The highest BCUT2D eigenvalue weighted by Gasteiger charge is 2.33. The molecule has 41 heavy (non-hydrogen) atoms. The molecule has 0 radical (unpaired) electrons. The summed E-state index contributed by atoms with van der Waals surface area (Å²) in [6, 6.07) is 2.56. The molecular weight excluding hydrogens is 559 g/mol. The number of amides is 1. The molecule has 0 bridgehead atoms. The molecule has 0 aromatic heterocycles. The molecule has 0 aliphatic rings. The Kier molecular flexibility index (Phi) is 16.5. The van der Waals surface area contributed by atoms with Crippen LogP contribution in [0.25, 0.3) is 0 Å². The van der Waals surface area contributed by atoms with Gasteiger partial charge in [-0.1, -0.05) is 77.6 Å². The van der Waals surface area contributed by atoms with Gasteiger partial charge >= 0.3 is 0 Å². The van der Waals surface area contributed by atoms with E-state index >= 15 is 0 Å². The third-order valence-electron chi connectivity index (χ3n) is 6.69. The largest absolute Gasteiger partial charge is 0.415 e. The van der Waals surface area contributed by atoms with E-state index < -0.39 is 49.8 Å². The van der Waals surface area contributed by atoms with Crippen LogP contribution in [0.5, 0.6) is 0 Å². The Balaban J connectivity index is 2.95. The predicted molar refractivity (Wildman–Crippen MR) is 170 cm³/mol. The van der Waals surface area contributed by atoms with Crippen molar-refractivity contribution in [3.63, 3.8) is 0 Å². The summed E-state index contributed by atoms with van der Waals surface area (Å²) in [5.74, 6) is -0.668. The van der Waals surface area contributed by atoms with E-state index in [2.05, 4.69) is 51.5 Å². The summed E-state index contributed by atoms with van der Waals surface area (Å²) in [5, 5.41) is 25.7. The van der Waals surface area contributed by atoms with E-state index in [9.17, 15) is 25.0 Å². The van der Waals surface area contributed by atoms with Crippen LogP contribution in [0.2, 0.25) is 39.3 Å². The zero-order valence-corrected chi connectivity index (χ0v) is 28.3. The summed E-state index contributed by atoms with van der Waals surface area (Å²) in [4.78, 5) is 34.7. The predicted octanol–water partition coefficient (Wildman–Crippen LogP) is 8.37. The van der Waals surface area contributed by atoms with Crippen molar-refractivity contribution in [2.45, 2.75) is 135 Å². The molecular formula is C29H53N3O7Si2. The van der Waals surface area contributed by atoms with Crippen molar-refractivity contribution in [3.8, 4) is 0 Å². The summed E-state index contributed by atoms with van der Waals surface area (Å²) in [6.45, 7) is 14.9. The van der Waals surface area contributed by atoms with Crippen LogP contribution in [-0.4, -0.2) is 51.1 Å². The highest BCUT2D eigenvalue weighted by Crippen LogP contribution is 2.26. The number of unbranched alkanes of at least 4 members (excludes halogenated alkanes) is 10. The molecule has 0 saturated heterocycles. The van der Waals surface area contributed by atoms with Crippen molar-refractivity contribution in [3.05, 3.63) is 44.0 Å².